The minimum atomic E-state index is -0.397. The summed E-state index contributed by atoms with van der Waals surface area (Å²) < 4.78 is 16.7. The number of aromatic hydroxyl groups is 1. The molecule has 1 atom stereocenters. The second kappa shape index (κ2) is 10.6. The third-order valence-corrected chi connectivity index (χ3v) is 6.03. The molecule has 1 aliphatic rings. The van der Waals surface area contributed by atoms with Crippen molar-refractivity contribution in [1.29, 1.82) is 0 Å². The van der Waals surface area contributed by atoms with Gasteiger partial charge in [0, 0.05) is 31.4 Å². The van der Waals surface area contributed by atoms with Gasteiger partial charge in [0.05, 0.1) is 19.8 Å². The van der Waals surface area contributed by atoms with E-state index in [4.69, 9.17) is 14.2 Å². The number of ether oxygens (including phenoxy) is 3. The maximum absolute atomic E-state index is 13.4. The molecule has 0 saturated carbocycles. The third kappa shape index (κ3) is 4.46. The number of unbranched alkanes of at least 4 members (excludes halogenated alkanes) is 1. The van der Waals surface area contributed by atoms with E-state index >= 15 is 0 Å². The van der Waals surface area contributed by atoms with Gasteiger partial charge in [0.1, 0.15) is 17.1 Å². The first kappa shape index (κ1) is 23.6. The Morgan fingerprint density at radius 2 is 1.91 bits per heavy atom. The van der Waals surface area contributed by atoms with E-state index in [1.165, 1.54) is 0 Å². The average molecular weight is 466 g/mol. The van der Waals surface area contributed by atoms with Crippen LogP contribution in [0, 0.1) is 0 Å². The van der Waals surface area contributed by atoms with Crippen molar-refractivity contribution in [3.63, 3.8) is 0 Å². The van der Waals surface area contributed by atoms with Crippen molar-refractivity contribution in [3.8, 4) is 28.5 Å². The van der Waals surface area contributed by atoms with E-state index in [1.807, 2.05) is 29.2 Å². The number of hydrogen-bond donors (Lipinski definition) is 2. The molecular weight excluding hydrogens is 434 g/mol. The van der Waals surface area contributed by atoms with Crippen LogP contribution < -0.4 is 9.47 Å². The molecular formula is C26H31N3O5. The van der Waals surface area contributed by atoms with Gasteiger partial charge < -0.3 is 24.2 Å². The number of carbonyl (C=O) groups excluding carboxylic acids is 1. The van der Waals surface area contributed by atoms with Gasteiger partial charge in [0.25, 0.3) is 5.91 Å². The SMILES string of the molecule is CCCCOc1ccc(C2c3c(-c4ccccc4O)n[nH]c3C(=O)N2CCCOC)cc1OC. The summed E-state index contributed by atoms with van der Waals surface area (Å²) in [6.45, 7) is 3.78. The molecule has 180 valence electrons. The molecule has 2 aromatic carbocycles. The number of methoxy groups -OCH3 is 2. The second-order valence-electron chi connectivity index (χ2n) is 8.24. The number of hydrogen-bond acceptors (Lipinski definition) is 6. The molecule has 0 aliphatic carbocycles. The van der Waals surface area contributed by atoms with E-state index in [0.717, 1.165) is 24.0 Å². The molecule has 4 rings (SSSR count). The van der Waals surface area contributed by atoms with Gasteiger partial charge in [0.2, 0.25) is 0 Å². The Hall–Kier alpha value is -3.52. The minimum Gasteiger partial charge on any atom is -0.507 e. The van der Waals surface area contributed by atoms with Crippen molar-refractivity contribution >= 4 is 5.91 Å². The number of amides is 1. The van der Waals surface area contributed by atoms with Crippen LogP contribution in [0.4, 0.5) is 0 Å². The number of nitrogens with one attached hydrogen (secondary N) is 1. The summed E-state index contributed by atoms with van der Waals surface area (Å²) in [6.07, 6.45) is 2.69. The number of aromatic nitrogens is 2. The van der Waals surface area contributed by atoms with Crippen LogP contribution in [-0.4, -0.2) is 60.1 Å². The van der Waals surface area contributed by atoms with Gasteiger partial charge in [-0.2, -0.15) is 5.10 Å². The highest BCUT2D eigenvalue weighted by molar-refractivity contribution is 6.00. The van der Waals surface area contributed by atoms with Crippen LogP contribution in [0.1, 0.15) is 53.8 Å². The molecule has 1 amide bonds. The summed E-state index contributed by atoms with van der Waals surface area (Å²) in [7, 11) is 3.26. The molecule has 1 unspecified atom stereocenters. The maximum Gasteiger partial charge on any atom is 0.273 e. The Morgan fingerprint density at radius 1 is 1.09 bits per heavy atom. The van der Waals surface area contributed by atoms with Crippen LogP contribution in [0.15, 0.2) is 42.5 Å². The van der Waals surface area contributed by atoms with Crippen LogP contribution in [0.25, 0.3) is 11.3 Å². The summed E-state index contributed by atoms with van der Waals surface area (Å²) in [5.41, 5.74) is 3.18. The largest absolute Gasteiger partial charge is 0.507 e. The fourth-order valence-electron chi connectivity index (χ4n) is 4.33. The lowest BCUT2D eigenvalue weighted by atomic mass is 9.95. The van der Waals surface area contributed by atoms with Gasteiger partial charge in [-0.1, -0.05) is 31.5 Å². The number of para-hydroxylation sites is 1. The summed E-state index contributed by atoms with van der Waals surface area (Å²) in [6, 6.07) is 12.4. The average Bonchev–Trinajstić information content (AvgIpc) is 3.39. The van der Waals surface area contributed by atoms with Gasteiger partial charge in [-0.3, -0.25) is 9.89 Å². The van der Waals surface area contributed by atoms with Gasteiger partial charge >= 0.3 is 0 Å². The first-order valence-corrected chi connectivity index (χ1v) is 11.6. The predicted molar refractivity (Wildman–Crippen MR) is 128 cm³/mol. The van der Waals surface area contributed by atoms with Gasteiger partial charge in [-0.15, -0.1) is 0 Å². The number of H-pyrrole nitrogens is 1. The lowest BCUT2D eigenvalue weighted by Crippen LogP contribution is -2.31. The second-order valence-corrected chi connectivity index (χ2v) is 8.24. The Labute approximate surface area is 199 Å². The number of carbonyl (C=O) groups is 1. The van der Waals surface area contributed by atoms with Crippen molar-refractivity contribution in [2.45, 2.75) is 32.2 Å². The van der Waals surface area contributed by atoms with Crippen molar-refractivity contribution in [3.05, 3.63) is 59.3 Å². The van der Waals surface area contributed by atoms with Gasteiger partial charge in [-0.05, 0) is 42.7 Å². The van der Waals surface area contributed by atoms with Crippen LogP contribution in [0.5, 0.6) is 17.2 Å². The number of fused-ring (bicyclic) bond motifs is 1. The summed E-state index contributed by atoms with van der Waals surface area (Å²) in [5, 5.41) is 17.8. The van der Waals surface area contributed by atoms with E-state index in [0.29, 0.717) is 54.6 Å². The molecule has 8 heteroatoms. The van der Waals surface area contributed by atoms with Gasteiger partial charge in [-0.25, -0.2) is 0 Å². The van der Waals surface area contributed by atoms with Crippen LogP contribution >= 0.6 is 0 Å². The lowest BCUT2D eigenvalue weighted by Gasteiger charge is -2.27. The zero-order valence-corrected chi connectivity index (χ0v) is 19.8. The number of rotatable bonds is 11. The van der Waals surface area contributed by atoms with E-state index in [9.17, 15) is 9.90 Å². The summed E-state index contributed by atoms with van der Waals surface area (Å²) in [4.78, 5) is 15.2. The highest BCUT2D eigenvalue weighted by Crippen LogP contribution is 2.45. The lowest BCUT2D eigenvalue weighted by molar-refractivity contribution is 0.0723. The maximum atomic E-state index is 13.4. The van der Waals surface area contributed by atoms with Crippen molar-refractivity contribution < 1.29 is 24.1 Å². The Bertz CT molecular complexity index is 1140. The van der Waals surface area contributed by atoms with E-state index in [1.54, 1.807) is 32.4 Å². The Morgan fingerprint density at radius 3 is 2.65 bits per heavy atom. The molecule has 8 nitrogen and oxygen atoms in total. The topological polar surface area (TPSA) is 96.9 Å². The Kier molecular flexibility index (Phi) is 7.37. The fraction of sp³-hybridized carbons (Fsp3) is 0.385. The molecule has 0 spiro atoms. The predicted octanol–water partition coefficient (Wildman–Crippen LogP) is 4.55. The number of benzene rings is 2. The molecule has 0 radical (unpaired) electrons. The number of phenolic OH excluding ortho intramolecular Hbond substituents is 1. The van der Waals surface area contributed by atoms with E-state index in [-0.39, 0.29) is 11.7 Å². The van der Waals surface area contributed by atoms with E-state index < -0.39 is 6.04 Å². The van der Waals surface area contributed by atoms with Crippen LogP contribution in [0.2, 0.25) is 0 Å². The molecule has 1 aromatic heterocycles. The fourth-order valence-corrected chi connectivity index (χ4v) is 4.33. The highest BCUT2D eigenvalue weighted by Gasteiger charge is 2.42. The summed E-state index contributed by atoms with van der Waals surface area (Å²) in [5.74, 6) is 1.26. The molecule has 2 heterocycles. The third-order valence-electron chi connectivity index (χ3n) is 6.03. The number of phenols is 1. The molecule has 1 aliphatic heterocycles. The Balaban J connectivity index is 1.78. The smallest absolute Gasteiger partial charge is 0.273 e. The van der Waals surface area contributed by atoms with Crippen LogP contribution in [0.3, 0.4) is 0 Å². The first-order chi connectivity index (χ1) is 16.6. The molecule has 0 bridgehead atoms. The zero-order valence-electron chi connectivity index (χ0n) is 19.8. The van der Waals surface area contributed by atoms with E-state index in [2.05, 4.69) is 17.1 Å². The number of aromatic amines is 1. The van der Waals surface area contributed by atoms with Crippen LogP contribution in [-0.2, 0) is 4.74 Å². The zero-order chi connectivity index (χ0) is 24.1. The molecule has 0 saturated heterocycles. The first-order valence-electron chi connectivity index (χ1n) is 11.6. The molecule has 34 heavy (non-hydrogen) atoms. The quantitative estimate of drug-likeness (QED) is 0.403. The summed E-state index contributed by atoms with van der Waals surface area (Å²) >= 11 is 0. The molecule has 3 aromatic rings. The standard InChI is InChI=1S/C26H31N3O5/c1-4-5-15-34-20-12-11-17(16-21(20)33-3)25-22-23(18-9-6-7-10-19(18)30)27-28-24(22)26(31)29(25)13-8-14-32-2/h6-7,9-12,16,25,30H,4-5,8,13-15H2,1-3H3,(H,27,28). The van der Waals surface area contributed by atoms with Gasteiger partial charge in [0.15, 0.2) is 11.5 Å². The number of nitrogens with zero attached hydrogens (tertiary/aromatic N) is 2. The highest BCUT2D eigenvalue weighted by atomic mass is 16.5. The monoisotopic (exact) mass is 465 g/mol. The molecule has 0 fully saturated rings. The van der Waals surface area contributed by atoms with Crippen molar-refractivity contribution in [2.24, 2.45) is 0 Å². The minimum absolute atomic E-state index is 0.109. The van der Waals surface area contributed by atoms with Crippen molar-refractivity contribution in [2.75, 3.05) is 34.0 Å². The normalized spacial score (nSPS) is 15.0. The molecule has 2 N–H and O–H groups in total. The van der Waals surface area contributed by atoms with Crippen molar-refractivity contribution in [1.82, 2.24) is 15.1 Å².